The second-order valence-corrected chi connectivity index (χ2v) is 7.68. The van der Waals surface area contributed by atoms with Crippen molar-refractivity contribution in [1.29, 1.82) is 0 Å². The molecule has 0 unspecified atom stereocenters. The molecule has 0 saturated heterocycles. The predicted octanol–water partition coefficient (Wildman–Crippen LogP) is 4.16. The first-order valence-electron chi connectivity index (χ1n) is 9.24. The third-order valence-electron chi connectivity index (χ3n) is 4.77. The molecule has 2 heterocycles. The van der Waals surface area contributed by atoms with E-state index in [0.717, 1.165) is 36.1 Å². The molecule has 3 aromatic rings. The Labute approximate surface area is 165 Å². The largest absolute Gasteiger partial charge is 0.462 e. The molecule has 4 rings (SSSR count). The van der Waals surface area contributed by atoms with Crippen molar-refractivity contribution in [3.8, 4) is 0 Å². The molecule has 0 bridgehead atoms. The first kappa shape index (κ1) is 18.4. The van der Waals surface area contributed by atoms with Gasteiger partial charge in [0.15, 0.2) is 5.76 Å². The molecule has 2 aromatic heterocycles. The van der Waals surface area contributed by atoms with E-state index in [4.69, 9.17) is 9.15 Å². The molecule has 0 aliphatic heterocycles. The van der Waals surface area contributed by atoms with Gasteiger partial charge in [0.1, 0.15) is 5.00 Å². The quantitative estimate of drug-likeness (QED) is 0.668. The number of carbonyl (C=O) groups is 2. The van der Waals surface area contributed by atoms with Gasteiger partial charge in [-0.2, -0.15) is 0 Å². The summed E-state index contributed by atoms with van der Waals surface area (Å²) >= 11 is 1.39. The molecule has 1 aliphatic carbocycles. The number of nitrogens with one attached hydrogen (secondary N) is 1. The van der Waals surface area contributed by atoms with Gasteiger partial charge in [0.2, 0.25) is 0 Å². The Morgan fingerprint density at radius 3 is 2.82 bits per heavy atom. The molecule has 1 aromatic carbocycles. The summed E-state index contributed by atoms with van der Waals surface area (Å²) in [7, 11) is 0. The third kappa shape index (κ3) is 3.33. The first-order valence-corrected chi connectivity index (χ1v) is 10.1. The summed E-state index contributed by atoms with van der Waals surface area (Å²) in [5.41, 5.74) is 0.822. The highest BCUT2D eigenvalue weighted by Gasteiger charge is 2.28. The number of thiophene rings is 1. The van der Waals surface area contributed by atoms with E-state index in [0.29, 0.717) is 21.3 Å². The van der Waals surface area contributed by atoms with E-state index in [1.807, 2.05) is 0 Å². The summed E-state index contributed by atoms with van der Waals surface area (Å²) in [6, 6.07) is 8.45. The number of hydrogen-bond acceptors (Lipinski definition) is 6. The summed E-state index contributed by atoms with van der Waals surface area (Å²) in [4.78, 5) is 38.5. The van der Waals surface area contributed by atoms with E-state index in [1.54, 1.807) is 31.2 Å². The Morgan fingerprint density at radius 1 is 1.21 bits per heavy atom. The van der Waals surface area contributed by atoms with Crippen LogP contribution >= 0.6 is 11.3 Å². The second kappa shape index (κ2) is 7.59. The fourth-order valence-corrected chi connectivity index (χ4v) is 4.76. The monoisotopic (exact) mass is 397 g/mol. The highest BCUT2D eigenvalue weighted by molar-refractivity contribution is 7.17. The summed E-state index contributed by atoms with van der Waals surface area (Å²) < 4.78 is 10.4. The molecule has 7 heteroatoms. The lowest BCUT2D eigenvalue weighted by molar-refractivity contribution is 0.0526. The highest BCUT2D eigenvalue weighted by Crippen LogP contribution is 2.38. The number of aryl methyl sites for hydroxylation is 1. The normalized spacial score (nSPS) is 13.2. The molecule has 0 fully saturated rings. The summed E-state index contributed by atoms with van der Waals surface area (Å²) in [6.45, 7) is 2.01. The molecule has 1 amide bonds. The van der Waals surface area contributed by atoms with Crippen LogP contribution in [0.25, 0.3) is 10.8 Å². The van der Waals surface area contributed by atoms with Gasteiger partial charge in [-0.15, -0.1) is 11.3 Å². The lowest BCUT2D eigenvalue weighted by Gasteiger charge is -2.12. The van der Waals surface area contributed by atoms with Gasteiger partial charge in [0.25, 0.3) is 5.91 Å². The average molecular weight is 397 g/mol. The van der Waals surface area contributed by atoms with Gasteiger partial charge in [0, 0.05) is 4.88 Å². The molecule has 0 radical (unpaired) electrons. The fourth-order valence-electron chi connectivity index (χ4n) is 3.48. The minimum absolute atomic E-state index is 0.0927. The zero-order valence-electron chi connectivity index (χ0n) is 15.4. The maximum atomic E-state index is 12.8. The van der Waals surface area contributed by atoms with Gasteiger partial charge in [-0.05, 0) is 55.7 Å². The van der Waals surface area contributed by atoms with Crippen molar-refractivity contribution in [2.75, 3.05) is 11.9 Å². The number of ether oxygens (including phenoxy) is 1. The van der Waals surface area contributed by atoms with Crippen LogP contribution < -0.4 is 10.9 Å². The van der Waals surface area contributed by atoms with Crippen molar-refractivity contribution in [2.24, 2.45) is 0 Å². The van der Waals surface area contributed by atoms with Crippen LogP contribution in [0.5, 0.6) is 0 Å². The van der Waals surface area contributed by atoms with Gasteiger partial charge in [-0.1, -0.05) is 18.2 Å². The third-order valence-corrected chi connectivity index (χ3v) is 5.98. The van der Waals surface area contributed by atoms with Crippen LogP contribution in [0.3, 0.4) is 0 Å². The molecule has 1 N–H and O–H groups in total. The first-order chi connectivity index (χ1) is 13.6. The van der Waals surface area contributed by atoms with E-state index in [2.05, 4.69) is 5.32 Å². The van der Waals surface area contributed by atoms with Crippen molar-refractivity contribution >= 4 is 39.0 Å². The maximum Gasteiger partial charge on any atom is 0.344 e. The van der Waals surface area contributed by atoms with E-state index >= 15 is 0 Å². The topological polar surface area (TPSA) is 85.6 Å². The molecule has 0 spiro atoms. The van der Waals surface area contributed by atoms with E-state index in [1.165, 1.54) is 17.4 Å². The predicted molar refractivity (Wildman–Crippen MR) is 107 cm³/mol. The Balaban J connectivity index is 1.71. The summed E-state index contributed by atoms with van der Waals surface area (Å²) in [6.07, 6.45) is 3.74. The molecule has 0 atom stereocenters. The number of hydrogen-bond donors (Lipinski definition) is 1. The standard InChI is InChI=1S/C21H19NO5S/c1-2-26-21(25)17-14-9-5-6-10-16(14)28-19(17)22-18(23)15-11-12-7-3-4-8-13(12)20(24)27-15/h3-4,7-8,11H,2,5-6,9-10H2,1H3,(H,22,23). The zero-order valence-corrected chi connectivity index (χ0v) is 16.2. The molecular weight excluding hydrogens is 378 g/mol. The second-order valence-electron chi connectivity index (χ2n) is 6.57. The number of rotatable bonds is 4. The fraction of sp³-hybridized carbons (Fsp3) is 0.286. The van der Waals surface area contributed by atoms with Crippen molar-refractivity contribution in [3.05, 3.63) is 62.5 Å². The van der Waals surface area contributed by atoms with Crippen molar-refractivity contribution in [1.82, 2.24) is 0 Å². The number of anilines is 1. The number of amides is 1. The van der Waals surface area contributed by atoms with Gasteiger partial charge in [-0.3, -0.25) is 4.79 Å². The Hall–Kier alpha value is -2.93. The lowest BCUT2D eigenvalue weighted by Crippen LogP contribution is -2.17. The highest BCUT2D eigenvalue weighted by atomic mass is 32.1. The van der Waals surface area contributed by atoms with Crippen LogP contribution in [0.15, 0.2) is 39.5 Å². The Morgan fingerprint density at radius 2 is 2.00 bits per heavy atom. The molecule has 144 valence electrons. The smallest absolute Gasteiger partial charge is 0.344 e. The van der Waals surface area contributed by atoms with Gasteiger partial charge in [0.05, 0.1) is 17.6 Å². The van der Waals surface area contributed by atoms with Crippen LogP contribution in [0.2, 0.25) is 0 Å². The number of benzene rings is 1. The Bertz CT molecular complexity index is 1130. The molecule has 6 nitrogen and oxygen atoms in total. The lowest BCUT2D eigenvalue weighted by atomic mass is 9.95. The SMILES string of the molecule is CCOC(=O)c1c(NC(=O)c2cc3ccccc3c(=O)o2)sc2c1CCCC2. The number of fused-ring (bicyclic) bond motifs is 2. The average Bonchev–Trinajstić information content (AvgIpc) is 3.06. The molecular formula is C21H19NO5S. The van der Waals surface area contributed by atoms with Gasteiger partial charge >= 0.3 is 11.6 Å². The summed E-state index contributed by atoms with van der Waals surface area (Å²) in [5, 5.41) is 4.25. The van der Waals surface area contributed by atoms with E-state index in [-0.39, 0.29) is 12.4 Å². The Kier molecular flexibility index (Phi) is 5.00. The maximum absolute atomic E-state index is 12.8. The number of esters is 1. The van der Waals surface area contributed by atoms with Gasteiger partial charge < -0.3 is 14.5 Å². The van der Waals surface area contributed by atoms with E-state index < -0.39 is 17.5 Å². The van der Waals surface area contributed by atoms with Crippen molar-refractivity contribution in [3.63, 3.8) is 0 Å². The van der Waals surface area contributed by atoms with E-state index in [9.17, 15) is 14.4 Å². The van der Waals surface area contributed by atoms with Crippen LogP contribution in [0, 0.1) is 0 Å². The zero-order chi connectivity index (χ0) is 19.7. The molecule has 0 saturated carbocycles. The molecule has 28 heavy (non-hydrogen) atoms. The van der Waals surface area contributed by atoms with Crippen LogP contribution in [-0.4, -0.2) is 18.5 Å². The van der Waals surface area contributed by atoms with Crippen molar-refractivity contribution < 1.29 is 18.7 Å². The van der Waals surface area contributed by atoms with Crippen LogP contribution in [-0.2, 0) is 17.6 Å². The van der Waals surface area contributed by atoms with Crippen LogP contribution in [0.1, 0.15) is 51.1 Å². The minimum atomic E-state index is -0.570. The van der Waals surface area contributed by atoms with Crippen LogP contribution in [0.4, 0.5) is 5.00 Å². The number of carbonyl (C=O) groups excluding carboxylic acids is 2. The summed E-state index contributed by atoms with van der Waals surface area (Å²) in [5.74, 6) is -1.09. The van der Waals surface area contributed by atoms with Crippen molar-refractivity contribution in [2.45, 2.75) is 32.6 Å². The molecule has 1 aliphatic rings. The van der Waals surface area contributed by atoms with Gasteiger partial charge in [-0.25, -0.2) is 9.59 Å². The minimum Gasteiger partial charge on any atom is -0.462 e.